The van der Waals surface area contributed by atoms with Gasteiger partial charge in [-0.25, -0.2) is 14.8 Å². The molecule has 0 aliphatic rings. The molecule has 23 heavy (non-hydrogen) atoms. The summed E-state index contributed by atoms with van der Waals surface area (Å²) in [5.74, 6) is -0.219. The van der Waals surface area contributed by atoms with Crippen LogP contribution >= 0.6 is 0 Å². The van der Waals surface area contributed by atoms with Crippen LogP contribution in [0.25, 0.3) is 11.2 Å². The number of ether oxygens (including phenoxy) is 1. The van der Waals surface area contributed by atoms with Gasteiger partial charge in [0.25, 0.3) is 5.56 Å². The monoisotopic (exact) mass is 323 g/mol. The quantitative estimate of drug-likeness (QED) is 0.753. The number of halogens is 2. The van der Waals surface area contributed by atoms with Crippen molar-refractivity contribution in [1.82, 2.24) is 24.1 Å². The van der Waals surface area contributed by atoms with E-state index in [4.69, 9.17) is 0 Å². The molecule has 120 valence electrons. The van der Waals surface area contributed by atoms with Gasteiger partial charge in [-0.1, -0.05) is 6.07 Å². The lowest BCUT2D eigenvalue weighted by molar-refractivity contribution is -0.0529. The standard InChI is InChI=1S/C13H11F2N5O3/c1-19-11(21)9-10(18-13(19)22)16-6-20(9)5-7-3-2-4-8(17-7)23-12(14)15/h2-4,6,12H,5H2,1H3,(H,18,22). The number of H-pyrrole nitrogens is 1. The highest BCUT2D eigenvalue weighted by Crippen LogP contribution is 2.13. The second-order valence-corrected chi connectivity index (χ2v) is 4.71. The first-order chi connectivity index (χ1) is 11.0. The van der Waals surface area contributed by atoms with Crippen LogP contribution in [0.3, 0.4) is 0 Å². The molecular formula is C13H11F2N5O3. The fourth-order valence-corrected chi connectivity index (χ4v) is 2.13. The lowest BCUT2D eigenvalue weighted by Gasteiger charge is -2.07. The van der Waals surface area contributed by atoms with Crippen LogP contribution in [0.15, 0.2) is 34.1 Å². The van der Waals surface area contributed by atoms with Crippen molar-refractivity contribution in [2.75, 3.05) is 0 Å². The van der Waals surface area contributed by atoms with E-state index >= 15 is 0 Å². The van der Waals surface area contributed by atoms with Crippen molar-refractivity contribution in [3.8, 4) is 5.88 Å². The second-order valence-electron chi connectivity index (χ2n) is 4.71. The molecule has 0 aromatic carbocycles. The molecule has 0 aliphatic heterocycles. The summed E-state index contributed by atoms with van der Waals surface area (Å²) in [6, 6.07) is 4.41. The zero-order chi connectivity index (χ0) is 16.6. The number of pyridine rings is 1. The van der Waals surface area contributed by atoms with Gasteiger partial charge < -0.3 is 9.30 Å². The molecule has 10 heteroatoms. The van der Waals surface area contributed by atoms with Crippen LogP contribution < -0.4 is 16.0 Å². The smallest absolute Gasteiger partial charge is 0.388 e. The maximum absolute atomic E-state index is 12.2. The van der Waals surface area contributed by atoms with E-state index in [0.29, 0.717) is 5.69 Å². The van der Waals surface area contributed by atoms with Crippen molar-refractivity contribution in [2.45, 2.75) is 13.2 Å². The summed E-state index contributed by atoms with van der Waals surface area (Å²) in [7, 11) is 1.34. The van der Waals surface area contributed by atoms with E-state index in [9.17, 15) is 18.4 Å². The zero-order valence-corrected chi connectivity index (χ0v) is 11.9. The summed E-state index contributed by atoms with van der Waals surface area (Å²) in [6.07, 6.45) is 1.37. The maximum atomic E-state index is 12.2. The van der Waals surface area contributed by atoms with Crippen molar-refractivity contribution in [3.05, 3.63) is 51.1 Å². The molecular weight excluding hydrogens is 312 g/mol. The largest absolute Gasteiger partial charge is 0.417 e. The SMILES string of the molecule is Cn1c(=O)[nH]c2ncn(Cc3cccc(OC(F)F)n3)c2c1=O. The molecule has 0 saturated heterocycles. The molecule has 0 bridgehead atoms. The molecule has 3 aromatic rings. The third-order valence-electron chi connectivity index (χ3n) is 3.20. The highest BCUT2D eigenvalue weighted by Gasteiger charge is 2.12. The van der Waals surface area contributed by atoms with Crippen LogP contribution in [0.5, 0.6) is 5.88 Å². The second kappa shape index (κ2) is 5.63. The van der Waals surface area contributed by atoms with Crippen molar-refractivity contribution in [2.24, 2.45) is 7.05 Å². The Balaban J connectivity index is 2.01. The van der Waals surface area contributed by atoms with Gasteiger partial charge in [0.15, 0.2) is 11.2 Å². The Labute approximate surface area is 127 Å². The molecule has 0 saturated carbocycles. The molecule has 8 nitrogen and oxygen atoms in total. The Morgan fingerprint density at radius 3 is 2.87 bits per heavy atom. The number of rotatable bonds is 4. The number of fused-ring (bicyclic) bond motifs is 1. The van der Waals surface area contributed by atoms with E-state index in [1.165, 1.54) is 30.1 Å². The first kappa shape index (κ1) is 14.9. The number of aromatic nitrogens is 5. The first-order valence-corrected chi connectivity index (χ1v) is 6.50. The lowest BCUT2D eigenvalue weighted by Crippen LogP contribution is -2.33. The minimum Gasteiger partial charge on any atom is -0.417 e. The van der Waals surface area contributed by atoms with Crippen LogP contribution in [0.2, 0.25) is 0 Å². The molecule has 0 radical (unpaired) electrons. The van der Waals surface area contributed by atoms with Crippen LogP contribution in [0.1, 0.15) is 5.69 Å². The van der Waals surface area contributed by atoms with Gasteiger partial charge in [-0.05, 0) is 6.07 Å². The first-order valence-electron chi connectivity index (χ1n) is 6.50. The summed E-state index contributed by atoms with van der Waals surface area (Å²) in [5.41, 5.74) is -0.345. The number of imidazole rings is 1. The molecule has 0 atom stereocenters. The van der Waals surface area contributed by atoms with E-state index in [1.54, 1.807) is 6.07 Å². The normalized spacial score (nSPS) is 11.3. The Bertz CT molecular complexity index is 976. The van der Waals surface area contributed by atoms with E-state index in [-0.39, 0.29) is 23.6 Å². The van der Waals surface area contributed by atoms with Crippen LogP contribution in [0.4, 0.5) is 8.78 Å². The summed E-state index contributed by atoms with van der Waals surface area (Å²) in [4.78, 5) is 34.1. The topological polar surface area (TPSA) is 94.8 Å². The number of hydrogen-bond donors (Lipinski definition) is 1. The molecule has 0 unspecified atom stereocenters. The van der Waals surface area contributed by atoms with Gasteiger partial charge in [-0.15, -0.1) is 0 Å². The number of nitrogens with zero attached hydrogens (tertiary/aromatic N) is 4. The molecule has 3 heterocycles. The number of hydrogen-bond acceptors (Lipinski definition) is 5. The van der Waals surface area contributed by atoms with Gasteiger partial charge in [0.1, 0.15) is 0 Å². The molecule has 0 spiro atoms. The van der Waals surface area contributed by atoms with E-state index < -0.39 is 17.9 Å². The third-order valence-corrected chi connectivity index (χ3v) is 3.20. The number of aromatic amines is 1. The summed E-state index contributed by atoms with van der Waals surface area (Å²) < 4.78 is 31.1. The predicted molar refractivity (Wildman–Crippen MR) is 75.6 cm³/mol. The molecule has 3 aromatic heterocycles. The van der Waals surface area contributed by atoms with Crippen molar-refractivity contribution in [3.63, 3.8) is 0 Å². The average molecular weight is 323 g/mol. The van der Waals surface area contributed by atoms with E-state index in [0.717, 1.165) is 4.57 Å². The van der Waals surface area contributed by atoms with Gasteiger partial charge in [0, 0.05) is 13.1 Å². The van der Waals surface area contributed by atoms with Crippen molar-refractivity contribution >= 4 is 11.2 Å². The minimum absolute atomic E-state index is 0.109. The van der Waals surface area contributed by atoms with Gasteiger partial charge in [-0.2, -0.15) is 8.78 Å². The highest BCUT2D eigenvalue weighted by molar-refractivity contribution is 5.69. The molecule has 0 amide bonds. The minimum atomic E-state index is -2.97. The molecule has 0 fully saturated rings. The number of alkyl halides is 2. The highest BCUT2D eigenvalue weighted by atomic mass is 19.3. The van der Waals surface area contributed by atoms with Crippen molar-refractivity contribution in [1.29, 1.82) is 0 Å². The Hall–Kier alpha value is -3.04. The third kappa shape index (κ3) is 2.82. The van der Waals surface area contributed by atoms with Crippen LogP contribution in [0, 0.1) is 0 Å². The van der Waals surface area contributed by atoms with Gasteiger partial charge in [0.2, 0.25) is 5.88 Å². The van der Waals surface area contributed by atoms with Crippen molar-refractivity contribution < 1.29 is 13.5 Å². The van der Waals surface area contributed by atoms with Gasteiger partial charge >= 0.3 is 12.3 Å². The summed E-state index contributed by atoms with van der Waals surface area (Å²) in [5, 5.41) is 0. The lowest BCUT2D eigenvalue weighted by atomic mass is 10.3. The molecule has 0 aliphatic carbocycles. The Morgan fingerprint density at radius 1 is 1.35 bits per heavy atom. The fraction of sp³-hybridized carbons (Fsp3) is 0.231. The summed E-state index contributed by atoms with van der Waals surface area (Å²) >= 11 is 0. The zero-order valence-electron chi connectivity index (χ0n) is 11.9. The Kier molecular flexibility index (Phi) is 3.64. The average Bonchev–Trinajstić information content (AvgIpc) is 2.87. The molecule has 1 N–H and O–H groups in total. The maximum Gasteiger partial charge on any atom is 0.388 e. The van der Waals surface area contributed by atoms with Gasteiger partial charge in [0.05, 0.1) is 18.6 Å². The van der Waals surface area contributed by atoms with Crippen LogP contribution in [-0.2, 0) is 13.6 Å². The van der Waals surface area contributed by atoms with Crippen LogP contribution in [-0.4, -0.2) is 30.7 Å². The van der Waals surface area contributed by atoms with E-state index in [2.05, 4.69) is 19.7 Å². The molecule has 3 rings (SSSR count). The predicted octanol–water partition coefficient (Wildman–Crippen LogP) is 0.468. The summed E-state index contributed by atoms with van der Waals surface area (Å²) in [6.45, 7) is -2.86. The Morgan fingerprint density at radius 2 is 2.13 bits per heavy atom. The van der Waals surface area contributed by atoms with E-state index in [1.807, 2.05) is 0 Å². The number of nitrogens with one attached hydrogen (secondary N) is 1. The fourth-order valence-electron chi connectivity index (χ4n) is 2.13. The van der Waals surface area contributed by atoms with Gasteiger partial charge in [-0.3, -0.25) is 14.3 Å².